The molecule has 1 aromatic heterocycles. The third-order valence-corrected chi connectivity index (χ3v) is 5.47. The van der Waals surface area contributed by atoms with Crippen LogP contribution in [0.3, 0.4) is 0 Å². The highest BCUT2D eigenvalue weighted by molar-refractivity contribution is 14.1. The summed E-state index contributed by atoms with van der Waals surface area (Å²) in [5, 5.41) is 0. The monoisotopic (exact) mass is 410 g/mol. The summed E-state index contributed by atoms with van der Waals surface area (Å²) in [6, 6.07) is -0.174. The van der Waals surface area contributed by atoms with Gasteiger partial charge >= 0.3 is 0 Å². The average Bonchev–Trinajstić information content (AvgIpc) is 2.38. The quantitative estimate of drug-likeness (QED) is 0.709. The molecule has 0 amide bonds. The number of piperidine rings is 1. The Labute approximate surface area is 133 Å². The average molecular weight is 410 g/mol. The van der Waals surface area contributed by atoms with Gasteiger partial charge in [0.2, 0.25) is 16.0 Å². The first-order valence-corrected chi connectivity index (χ1v) is 9.40. The van der Waals surface area contributed by atoms with E-state index in [0.29, 0.717) is 12.5 Å². The Hall–Kier alpha value is -0.480. The molecule has 8 heteroatoms. The molecule has 20 heavy (non-hydrogen) atoms. The first kappa shape index (κ1) is 15.9. The summed E-state index contributed by atoms with van der Waals surface area (Å²) in [6.45, 7) is 0.570. The van der Waals surface area contributed by atoms with E-state index < -0.39 is 10.0 Å². The molecule has 0 spiro atoms. The lowest BCUT2D eigenvalue weighted by Gasteiger charge is -2.33. The largest absolute Gasteiger partial charge is 0.347 e. The zero-order valence-electron chi connectivity index (χ0n) is 11.9. The lowest BCUT2D eigenvalue weighted by molar-refractivity contribution is 0.252. The fourth-order valence-electron chi connectivity index (χ4n) is 2.39. The lowest BCUT2D eigenvalue weighted by Crippen LogP contribution is -2.38. The molecule has 2 rings (SSSR count). The summed E-state index contributed by atoms with van der Waals surface area (Å²) in [4.78, 5) is 10.6. The number of hydrogen-bond acceptors (Lipinski definition) is 5. The van der Waals surface area contributed by atoms with Crippen molar-refractivity contribution < 1.29 is 8.42 Å². The molecule has 1 aliphatic rings. The number of anilines is 1. The van der Waals surface area contributed by atoms with Crippen molar-refractivity contribution in [3.05, 3.63) is 15.5 Å². The van der Waals surface area contributed by atoms with Gasteiger partial charge in [0, 0.05) is 26.8 Å². The van der Waals surface area contributed by atoms with Crippen LogP contribution in [0.5, 0.6) is 0 Å². The van der Waals surface area contributed by atoms with E-state index in [2.05, 4.69) is 32.6 Å². The van der Waals surface area contributed by atoms with Crippen LogP contribution in [0.15, 0.2) is 6.20 Å². The zero-order chi connectivity index (χ0) is 14.9. The minimum atomic E-state index is -3.22. The molecule has 0 aromatic carbocycles. The van der Waals surface area contributed by atoms with Gasteiger partial charge in [-0.05, 0) is 35.4 Å². The van der Waals surface area contributed by atoms with Crippen LogP contribution >= 0.6 is 22.6 Å². The van der Waals surface area contributed by atoms with Gasteiger partial charge in [0.1, 0.15) is 0 Å². The highest BCUT2D eigenvalue weighted by Crippen LogP contribution is 2.34. The van der Waals surface area contributed by atoms with Crippen LogP contribution in [-0.2, 0) is 10.0 Å². The van der Waals surface area contributed by atoms with Gasteiger partial charge in [-0.25, -0.2) is 18.4 Å². The molecule has 0 radical (unpaired) electrons. The molecule has 0 bridgehead atoms. The van der Waals surface area contributed by atoms with Crippen molar-refractivity contribution in [3.63, 3.8) is 0 Å². The molecule has 112 valence electrons. The molecule has 0 saturated carbocycles. The molecule has 0 aliphatic carbocycles. The van der Waals surface area contributed by atoms with Gasteiger partial charge in [-0.2, -0.15) is 4.31 Å². The number of aromatic nitrogens is 2. The zero-order valence-corrected chi connectivity index (χ0v) is 14.8. The second-order valence-corrected chi connectivity index (χ2v) is 8.28. The Morgan fingerprint density at radius 2 is 2.10 bits per heavy atom. The maximum atomic E-state index is 12.0. The van der Waals surface area contributed by atoms with E-state index in [0.717, 1.165) is 28.5 Å². The molecule has 0 unspecified atom stereocenters. The Balaban J connectivity index is 2.44. The van der Waals surface area contributed by atoms with E-state index in [1.165, 1.54) is 6.26 Å². The van der Waals surface area contributed by atoms with E-state index in [1.54, 1.807) is 10.5 Å². The molecular weight excluding hydrogens is 391 g/mol. The Morgan fingerprint density at radius 3 is 2.70 bits per heavy atom. The number of nitrogens with zero attached hydrogens (tertiary/aromatic N) is 4. The maximum absolute atomic E-state index is 12.0. The predicted molar refractivity (Wildman–Crippen MR) is 87.2 cm³/mol. The van der Waals surface area contributed by atoms with E-state index in [4.69, 9.17) is 0 Å². The topological polar surface area (TPSA) is 66.4 Å². The van der Waals surface area contributed by atoms with Crippen molar-refractivity contribution >= 4 is 38.6 Å². The predicted octanol–water partition coefficient (Wildman–Crippen LogP) is 1.63. The minimum absolute atomic E-state index is 0.174. The third-order valence-electron chi connectivity index (χ3n) is 3.35. The molecule has 1 atom stereocenters. The van der Waals surface area contributed by atoms with Crippen molar-refractivity contribution in [2.75, 3.05) is 31.8 Å². The van der Waals surface area contributed by atoms with Gasteiger partial charge < -0.3 is 4.90 Å². The van der Waals surface area contributed by atoms with Crippen LogP contribution in [0, 0.1) is 3.57 Å². The molecule has 0 N–H and O–H groups in total. The molecule has 1 fully saturated rings. The van der Waals surface area contributed by atoms with Crippen LogP contribution in [0.2, 0.25) is 0 Å². The SMILES string of the molecule is CN(C)c1ncc(I)c([C@H]2CCCCN2S(C)(=O)=O)n1. The van der Waals surface area contributed by atoms with Gasteiger partial charge in [-0.3, -0.25) is 0 Å². The molecular formula is C12H19IN4O2S. The van der Waals surface area contributed by atoms with E-state index in [1.807, 2.05) is 19.0 Å². The Bertz CT molecular complexity index is 591. The summed E-state index contributed by atoms with van der Waals surface area (Å²) in [6.07, 6.45) is 5.77. The maximum Gasteiger partial charge on any atom is 0.225 e. The fraction of sp³-hybridized carbons (Fsp3) is 0.667. The van der Waals surface area contributed by atoms with Gasteiger partial charge in [0.25, 0.3) is 0 Å². The van der Waals surface area contributed by atoms with Gasteiger partial charge in [0.05, 0.1) is 21.6 Å². The summed E-state index contributed by atoms with van der Waals surface area (Å²) in [5.74, 6) is 0.611. The van der Waals surface area contributed by atoms with Crippen LogP contribution in [-0.4, -0.2) is 49.6 Å². The number of halogens is 1. The van der Waals surface area contributed by atoms with Crippen LogP contribution < -0.4 is 4.90 Å². The highest BCUT2D eigenvalue weighted by Gasteiger charge is 2.33. The molecule has 6 nitrogen and oxygen atoms in total. The first-order valence-electron chi connectivity index (χ1n) is 6.47. The summed E-state index contributed by atoms with van der Waals surface area (Å²) >= 11 is 2.18. The normalized spacial score (nSPS) is 20.9. The third kappa shape index (κ3) is 3.40. The summed E-state index contributed by atoms with van der Waals surface area (Å²) < 4.78 is 26.4. The standard InChI is InChI=1S/C12H19IN4O2S/c1-16(2)12-14-8-9(13)11(15-12)10-6-4-5-7-17(10)20(3,18)19/h8,10H,4-7H2,1-3H3/t10-/m1/s1. The highest BCUT2D eigenvalue weighted by atomic mass is 127. The van der Waals surface area contributed by atoms with E-state index >= 15 is 0 Å². The summed E-state index contributed by atoms with van der Waals surface area (Å²) in [7, 11) is 0.535. The molecule has 1 aromatic rings. The number of sulfonamides is 1. The Morgan fingerprint density at radius 1 is 1.40 bits per heavy atom. The molecule has 1 saturated heterocycles. The van der Waals surface area contributed by atoms with Crippen molar-refractivity contribution in [1.82, 2.24) is 14.3 Å². The smallest absolute Gasteiger partial charge is 0.225 e. The van der Waals surface area contributed by atoms with Crippen molar-refractivity contribution in [2.24, 2.45) is 0 Å². The van der Waals surface area contributed by atoms with Crippen LogP contribution in [0.1, 0.15) is 31.0 Å². The second-order valence-electron chi connectivity index (χ2n) is 5.18. The van der Waals surface area contributed by atoms with Gasteiger partial charge in [-0.1, -0.05) is 6.42 Å². The lowest BCUT2D eigenvalue weighted by atomic mass is 10.0. The van der Waals surface area contributed by atoms with Gasteiger partial charge in [0.15, 0.2) is 0 Å². The first-order chi connectivity index (χ1) is 9.30. The van der Waals surface area contributed by atoms with Crippen molar-refractivity contribution in [3.8, 4) is 0 Å². The molecule has 1 aliphatic heterocycles. The van der Waals surface area contributed by atoms with E-state index in [9.17, 15) is 8.42 Å². The van der Waals surface area contributed by atoms with Crippen molar-refractivity contribution in [1.29, 1.82) is 0 Å². The fourth-order valence-corrected chi connectivity index (χ4v) is 4.14. The van der Waals surface area contributed by atoms with E-state index in [-0.39, 0.29) is 6.04 Å². The number of hydrogen-bond donors (Lipinski definition) is 0. The second kappa shape index (κ2) is 6.10. The summed E-state index contributed by atoms with van der Waals surface area (Å²) in [5.41, 5.74) is 0.814. The molecule has 2 heterocycles. The van der Waals surface area contributed by atoms with Crippen molar-refractivity contribution in [2.45, 2.75) is 25.3 Å². The van der Waals surface area contributed by atoms with Crippen LogP contribution in [0.25, 0.3) is 0 Å². The Kier molecular flexibility index (Phi) is 4.85. The number of rotatable bonds is 3. The minimum Gasteiger partial charge on any atom is -0.347 e. The van der Waals surface area contributed by atoms with Crippen LogP contribution in [0.4, 0.5) is 5.95 Å². The van der Waals surface area contributed by atoms with Gasteiger partial charge in [-0.15, -0.1) is 0 Å².